The van der Waals surface area contributed by atoms with Gasteiger partial charge in [0.2, 0.25) is 10.0 Å². The van der Waals surface area contributed by atoms with E-state index in [0.29, 0.717) is 0 Å². The van der Waals surface area contributed by atoms with Crippen LogP contribution in [0.1, 0.15) is 35.6 Å². The number of carboxylic acids is 1. The lowest BCUT2D eigenvalue weighted by atomic mass is 10.3. The van der Waals surface area contributed by atoms with Gasteiger partial charge in [0.1, 0.15) is 0 Å². The van der Waals surface area contributed by atoms with Gasteiger partial charge in [-0.25, -0.2) is 13.1 Å². The van der Waals surface area contributed by atoms with Crippen molar-refractivity contribution in [2.45, 2.75) is 32.7 Å². The molecule has 0 aliphatic heterocycles. The second-order valence-electron chi connectivity index (χ2n) is 4.10. The quantitative estimate of drug-likeness (QED) is 0.803. The van der Waals surface area contributed by atoms with Crippen LogP contribution in [-0.2, 0) is 14.8 Å². The zero-order valence-electron chi connectivity index (χ0n) is 10.3. The summed E-state index contributed by atoms with van der Waals surface area (Å²) in [7, 11) is -3.42. The molecule has 0 amide bonds. The van der Waals surface area contributed by atoms with E-state index in [1.807, 2.05) is 19.1 Å². The third kappa shape index (κ3) is 5.16. The number of nitrogens with one attached hydrogen (secondary N) is 1. The van der Waals surface area contributed by atoms with Crippen LogP contribution in [0.3, 0.4) is 0 Å². The predicted molar refractivity (Wildman–Crippen MR) is 71.3 cm³/mol. The number of carboxylic acid groups (broad SMARTS) is 1. The minimum absolute atomic E-state index is 0.126. The fraction of sp³-hybridized carbons (Fsp3) is 0.545. The first-order valence-corrected chi connectivity index (χ1v) is 8.05. The molecule has 0 saturated carbocycles. The number of hydrogen-bond donors (Lipinski definition) is 2. The summed E-state index contributed by atoms with van der Waals surface area (Å²) in [4.78, 5) is 12.4. The van der Waals surface area contributed by atoms with Gasteiger partial charge in [0.15, 0.2) is 0 Å². The van der Waals surface area contributed by atoms with Crippen LogP contribution in [-0.4, -0.2) is 25.2 Å². The molecule has 102 valence electrons. The Morgan fingerprint density at radius 1 is 1.50 bits per heavy atom. The zero-order valence-corrected chi connectivity index (χ0v) is 12.0. The van der Waals surface area contributed by atoms with Crippen molar-refractivity contribution in [1.29, 1.82) is 0 Å². The maximum atomic E-state index is 11.7. The number of carbonyl (C=O) groups is 1. The lowest BCUT2D eigenvalue weighted by molar-refractivity contribution is -0.137. The summed E-state index contributed by atoms with van der Waals surface area (Å²) in [6, 6.07) is 3.55. The molecule has 1 aromatic heterocycles. The predicted octanol–water partition coefficient (Wildman–Crippen LogP) is 1.90. The number of thiophene rings is 1. The van der Waals surface area contributed by atoms with Gasteiger partial charge in [-0.2, -0.15) is 0 Å². The highest BCUT2D eigenvalue weighted by atomic mass is 32.2. The molecule has 0 bridgehead atoms. The lowest BCUT2D eigenvalue weighted by Gasteiger charge is -2.12. The standard InChI is InChI=1S/C11H17NO4S2/c1-8-5-6-10(17-8)9(2)12-18(15,16)7-3-4-11(13)14/h5-6,9,12H,3-4,7H2,1-2H3,(H,13,14). The molecule has 1 rings (SSSR count). The number of aryl methyl sites for hydroxylation is 1. The molecular formula is C11H17NO4S2. The molecule has 0 spiro atoms. The van der Waals surface area contributed by atoms with Gasteiger partial charge in [-0.3, -0.25) is 4.79 Å². The summed E-state index contributed by atoms with van der Waals surface area (Å²) >= 11 is 1.54. The first-order valence-electron chi connectivity index (χ1n) is 5.58. The lowest BCUT2D eigenvalue weighted by Crippen LogP contribution is -2.29. The van der Waals surface area contributed by atoms with E-state index in [4.69, 9.17) is 5.11 Å². The zero-order chi connectivity index (χ0) is 13.8. The molecule has 0 aliphatic carbocycles. The second kappa shape index (κ2) is 6.31. The molecule has 0 saturated heterocycles. The van der Waals surface area contributed by atoms with Crippen LogP contribution in [0.2, 0.25) is 0 Å². The van der Waals surface area contributed by atoms with Crippen LogP contribution < -0.4 is 4.72 Å². The van der Waals surface area contributed by atoms with Crippen LogP contribution in [0.4, 0.5) is 0 Å². The smallest absolute Gasteiger partial charge is 0.303 e. The van der Waals surface area contributed by atoms with Crippen molar-refractivity contribution in [2.24, 2.45) is 0 Å². The van der Waals surface area contributed by atoms with Gasteiger partial charge in [-0.15, -0.1) is 11.3 Å². The Labute approximate surface area is 111 Å². The largest absolute Gasteiger partial charge is 0.481 e. The molecule has 0 fully saturated rings. The first-order chi connectivity index (χ1) is 8.30. The van der Waals surface area contributed by atoms with Gasteiger partial charge in [0, 0.05) is 16.2 Å². The van der Waals surface area contributed by atoms with Crippen molar-refractivity contribution in [3.63, 3.8) is 0 Å². The number of hydrogen-bond acceptors (Lipinski definition) is 4. The van der Waals surface area contributed by atoms with Crippen molar-refractivity contribution >= 4 is 27.3 Å². The van der Waals surface area contributed by atoms with Gasteiger partial charge in [-0.05, 0) is 32.4 Å². The van der Waals surface area contributed by atoms with Crippen molar-refractivity contribution in [1.82, 2.24) is 4.72 Å². The normalized spacial score (nSPS) is 13.4. The van der Waals surface area contributed by atoms with Crippen LogP contribution in [0.15, 0.2) is 12.1 Å². The summed E-state index contributed by atoms with van der Waals surface area (Å²) in [5.41, 5.74) is 0. The van der Waals surface area contributed by atoms with E-state index in [9.17, 15) is 13.2 Å². The monoisotopic (exact) mass is 291 g/mol. The fourth-order valence-electron chi connectivity index (χ4n) is 1.49. The Kier molecular flexibility index (Phi) is 5.30. The molecule has 1 atom stereocenters. The average molecular weight is 291 g/mol. The highest BCUT2D eigenvalue weighted by Crippen LogP contribution is 2.22. The Morgan fingerprint density at radius 2 is 2.17 bits per heavy atom. The number of aliphatic carboxylic acids is 1. The average Bonchev–Trinajstić information content (AvgIpc) is 2.63. The van der Waals surface area contributed by atoms with Crippen molar-refractivity contribution in [3.05, 3.63) is 21.9 Å². The SMILES string of the molecule is Cc1ccc(C(C)NS(=O)(=O)CCCC(=O)O)s1. The van der Waals surface area contributed by atoms with Gasteiger partial charge in [-0.1, -0.05) is 0 Å². The second-order valence-corrected chi connectivity index (χ2v) is 7.30. The van der Waals surface area contributed by atoms with E-state index in [0.717, 1.165) is 9.75 Å². The summed E-state index contributed by atoms with van der Waals surface area (Å²) in [6.45, 7) is 3.74. The maximum absolute atomic E-state index is 11.7. The topological polar surface area (TPSA) is 83.5 Å². The van der Waals surface area contributed by atoms with E-state index in [1.54, 1.807) is 18.3 Å². The fourth-order valence-corrected chi connectivity index (χ4v) is 3.75. The van der Waals surface area contributed by atoms with E-state index < -0.39 is 16.0 Å². The van der Waals surface area contributed by atoms with E-state index in [2.05, 4.69) is 4.72 Å². The third-order valence-electron chi connectivity index (χ3n) is 2.35. The molecular weight excluding hydrogens is 274 g/mol. The third-order valence-corrected chi connectivity index (χ3v) is 5.07. The van der Waals surface area contributed by atoms with E-state index in [-0.39, 0.29) is 24.6 Å². The first kappa shape index (κ1) is 15.1. The molecule has 0 aromatic carbocycles. The van der Waals surface area contributed by atoms with Gasteiger partial charge < -0.3 is 5.11 Å². The number of rotatable bonds is 7. The molecule has 18 heavy (non-hydrogen) atoms. The Bertz CT molecular complexity index is 507. The Hall–Kier alpha value is -0.920. The van der Waals surface area contributed by atoms with Gasteiger partial charge in [0.25, 0.3) is 0 Å². The minimum Gasteiger partial charge on any atom is -0.481 e. The maximum Gasteiger partial charge on any atom is 0.303 e. The number of sulfonamides is 1. The summed E-state index contributed by atoms with van der Waals surface area (Å²) in [6.07, 6.45) is -0.00570. The molecule has 5 nitrogen and oxygen atoms in total. The molecule has 7 heteroatoms. The highest BCUT2D eigenvalue weighted by Gasteiger charge is 2.17. The summed E-state index contributed by atoms with van der Waals surface area (Å²) in [5.74, 6) is -1.14. The van der Waals surface area contributed by atoms with E-state index in [1.165, 1.54) is 0 Å². The van der Waals surface area contributed by atoms with Crippen molar-refractivity contribution in [3.8, 4) is 0 Å². The van der Waals surface area contributed by atoms with Gasteiger partial charge >= 0.3 is 5.97 Å². The van der Waals surface area contributed by atoms with Crippen LogP contribution in [0, 0.1) is 6.92 Å². The van der Waals surface area contributed by atoms with Crippen LogP contribution in [0.5, 0.6) is 0 Å². The summed E-state index contributed by atoms with van der Waals surface area (Å²) in [5, 5.41) is 8.46. The Morgan fingerprint density at radius 3 is 2.67 bits per heavy atom. The highest BCUT2D eigenvalue weighted by molar-refractivity contribution is 7.89. The summed E-state index contributed by atoms with van der Waals surface area (Å²) < 4.78 is 26.0. The minimum atomic E-state index is -3.42. The van der Waals surface area contributed by atoms with Crippen LogP contribution >= 0.6 is 11.3 Å². The molecule has 1 aromatic rings. The van der Waals surface area contributed by atoms with Crippen LogP contribution in [0.25, 0.3) is 0 Å². The van der Waals surface area contributed by atoms with Gasteiger partial charge in [0.05, 0.1) is 11.8 Å². The van der Waals surface area contributed by atoms with Crippen molar-refractivity contribution in [2.75, 3.05) is 5.75 Å². The molecule has 1 unspecified atom stereocenters. The molecule has 0 aliphatic rings. The molecule has 1 heterocycles. The molecule has 2 N–H and O–H groups in total. The Balaban J connectivity index is 2.52. The molecule has 0 radical (unpaired) electrons. The van der Waals surface area contributed by atoms with E-state index >= 15 is 0 Å². The van der Waals surface area contributed by atoms with Crippen molar-refractivity contribution < 1.29 is 18.3 Å².